The van der Waals surface area contributed by atoms with Crippen LogP contribution in [0, 0.1) is 6.92 Å². The van der Waals surface area contributed by atoms with E-state index in [1.807, 2.05) is 42.5 Å². The number of guanidine groups is 1. The number of furan rings is 1. The summed E-state index contributed by atoms with van der Waals surface area (Å²) >= 11 is 0. The van der Waals surface area contributed by atoms with Gasteiger partial charge < -0.3 is 15.5 Å². The molecule has 0 unspecified atom stereocenters. The van der Waals surface area contributed by atoms with Crippen LogP contribution in [-0.2, 0) is 19.6 Å². The van der Waals surface area contributed by atoms with Gasteiger partial charge in [-0.05, 0) is 49.4 Å². The van der Waals surface area contributed by atoms with Crippen LogP contribution in [0.25, 0.3) is 0 Å². The van der Waals surface area contributed by atoms with E-state index in [4.69, 9.17) is 10.2 Å². The minimum absolute atomic E-state index is 0.414. The highest BCUT2D eigenvalue weighted by atomic mass is 16.3. The number of benzene rings is 2. The van der Waals surface area contributed by atoms with Gasteiger partial charge in [-0.25, -0.2) is 4.99 Å². The zero-order valence-corrected chi connectivity index (χ0v) is 15.9. The van der Waals surface area contributed by atoms with Gasteiger partial charge in [-0.3, -0.25) is 4.90 Å². The molecule has 3 N–H and O–H groups in total. The Morgan fingerprint density at radius 3 is 2.44 bits per heavy atom. The molecule has 27 heavy (non-hydrogen) atoms. The molecule has 140 valence electrons. The Hall–Kier alpha value is -3.05. The van der Waals surface area contributed by atoms with Gasteiger partial charge in [0.05, 0.1) is 19.4 Å². The molecule has 0 bridgehead atoms. The van der Waals surface area contributed by atoms with Crippen LogP contribution in [0.4, 0.5) is 5.69 Å². The van der Waals surface area contributed by atoms with Crippen molar-refractivity contribution in [3.63, 3.8) is 0 Å². The molecular weight excluding hydrogens is 336 g/mol. The average Bonchev–Trinajstić information content (AvgIpc) is 3.16. The van der Waals surface area contributed by atoms with Crippen molar-refractivity contribution in [2.75, 3.05) is 12.4 Å². The van der Waals surface area contributed by atoms with Gasteiger partial charge in [0.2, 0.25) is 0 Å². The number of nitrogens with two attached hydrogens (primary N) is 1. The normalized spacial score (nSPS) is 11.7. The van der Waals surface area contributed by atoms with E-state index in [0.717, 1.165) is 30.1 Å². The van der Waals surface area contributed by atoms with Gasteiger partial charge in [-0.2, -0.15) is 0 Å². The smallest absolute Gasteiger partial charge is 0.193 e. The summed E-state index contributed by atoms with van der Waals surface area (Å²) < 4.78 is 5.43. The van der Waals surface area contributed by atoms with E-state index < -0.39 is 0 Å². The molecule has 0 spiro atoms. The van der Waals surface area contributed by atoms with Crippen molar-refractivity contribution in [2.45, 2.75) is 26.6 Å². The van der Waals surface area contributed by atoms with Gasteiger partial charge in [-0.1, -0.05) is 42.0 Å². The van der Waals surface area contributed by atoms with Crippen LogP contribution in [0.5, 0.6) is 0 Å². The molecule has 5 nitrogen and oxygen atoms in total. The van der Waals surface area contributed by atoms with Crippen LogP contribution in [0.3, 0.4) is 0 Å². The first-order valence-electron chi connectivity index (χ1n) is 9.01. The van der Waals surface area contributed by atoms with Crippen LogP contribution in [0.15, 0.2) is 76.3 Å². The molecule has 1 heterocycles. The molecule has 0 saturated carbocycles. The average molecular weight is 362 g/mol. The van der Waals surface area contributed by atoms with Gasteiger partial charge in [0, 0.05) is 12.2 Å². The Labute approximate surface area is 160 Å². The van der Waals surface area contributed by atoms with Crippen molar-refractivity contribution in [1.29, 1.82) is 0 Å². The number of nitrogens with one attached hydrogen (secondary N) is 1. The third kappa shape index (κ3) is 5.72. The van der Waals surface area contributed by atoms with Crippen LogP contribution < -0.4 is 11.1 Å². The van der Waals surface area contributed by atoms with Crippen molar-refractivity contribution in [1.82, 2.24) is 4.90 Å². The monoisotopic (exact) mass is 362 g/mol. The predicted molar refractivity (Wildman–Crippen MR) is 110 cm³/mol. The van der Waals surface area contributed by atoms with Gasteiger partial charge in [0.15, 0.2) is 5.96 Å². The fraction of sp³-hybridized carbons (Fsp3) is 0.227. The second kappa shape index (κ2) is 9.05. The number of hydrogen-bond donors (Lipinski definition) is 2. The molecule has 1 aromatic heterocycles. The minimum Gasteiger partial charge on any atom is -0.468 e. The third-order valence-electron chi connectivity index (χ3n) is 4.31. The molecular formula is C22H26N4O. The lowest BCUT2D eigenvalue weighted by Crippen LogP contribution is -2.23. The highest BCUT2D eigenvalue weighted by molar-refractivity contribution is 5.92. The molecule has 5 heteroatoms. The van der Waals surface area contributed by atoms with E-state index in [2.05, 4.69) is 47.4 Å². The lowest BCUT2D eigenvalue weighted by Gasteiger charge is -2.17. The van der Waals surface area contributed by atoms with Crippen molar-refractivity contribution in [3.8, 4) is 0 Å². The maximum absolute atomic E-state index is 6.05. The zero-order valence-electron chi connectivity index (χ0n) is 15.9. The third-order valence-corrected chi connectivity index (χ3v) is 4.31. The van der Waals surface area contributed by atoms with E-state index in [-0.39, 0.29) is 0 Å². The predicted octanol–water partition coefficient (Wildman–Crippen LogP) is 4.15. The van der Waals surface area contributed by atoms with E-state index in [1.165, 1.54) is 11.1 Å². The van der Waals surface area contributed by atoms with Crippen molar-refractivity contribution < 1.29 is 4.42 Å². The summed E-state index contributed by atoms with van der Waals surface area (Å²) in [4.78, 5) is 6.72. The summed E-state index contributed by atoms with van der Waals surface area (Å²) in [5.41, 5.74) is 10.6. The molecule has 0 atom stereocenters. The summed E-state index contributed by atoms with van der Waals surface area (Å²) in [5, 5.41) is 3.13. The van der Waals surface area contributed by atoms with E-state index in [0.29, 0.717) is 12.5 Å². The van der Waals surface area contributed by atoms with E-state index in [9.17, 15) is 0 Å². The summed E-state index contributed by atoms with van der Waals surface area (Å²) in [6, 6.07) is 20.3. The van der Waals surface area contributed by atoms with Gasteiger partial charge in [0.1, 0.15) is 5.76 Å². The second-order valence-electron chi connectivity index (χ2n) is 6.71. The van der Waals surface area contributed by atoms with Crippen LogP contribution in [0.1, 0.15) is 22.5 Å². The highest BCUT2D eigenvalue weighted by Crippen LogP contribution is 2.15. The van der Waals surface area contributed by atoms with Crippen molar-refractivity contribution in [3.05, 3.63) is 89.4 Å². The summed E-state index contributed by atoms with van der Waals surface area (Å²) in [5.74, 6) is 1.37. The first kappa shape index (κ1) is 18.7. The van der Waals surface area contributed by atoms with Crippen LogP contribution in [0.2, 0.25) is 0 Å². The molecule has 2 aromatic carbocycles. The summed E-state index contributed by atoms with van der Waals surface area (Å²) in [7, 11) is 2.08. The Morgan fingerprint density at radius 2 is 1.74 bits per heavy atom. The van der Waals surface area contributed by atoms with E-state index >= 15 is 0 Å². The first-order valence-corrected chi connectivity index (χ1v) is 9.01. The van der Waals surface area contributed by atoms with E-state index in [1.54, 1.807) is 6.26 Å². The number of hydrogen-bond acceptors (Lipinski definition) is 3. The molecule has 3 rings (SSSR count). The fourth-order valence-electron chi connectivity index (χ4n) is 2.88. The van der Waals surface area contributed by atoms with Gasteiger partial charge >= 0.3 is 0 Å². The number of aliphatic imine (C=N–C) groups is 1. The molecule has 0 aliphatic rings. The topological polar surface area (TPSA) is 66.8 Å². The Bertz CT molecular complexity index is 870. The Morgan fingerprint density at radius 1 is 1.00 bits per heavy atom. The second-order valence-corrected chi connectivity index (χ2v) is 6.71. The number of rotatable bonds is 7. The van der Waals surface area contributed by atoms with Crippen LogP contribution >= 0.6 is 0 Å². The SMILES string of the molecule is Cc1ccc(NC(N)=NCc2ccccc2CN(C)Cc2ccco2)cc1. The van der Waals surface area contributed by atoms with Gasteiger partial charge in [0.25, 0.3) is 0 Å². The minimum atomic E-state index is 0.414. The number of anilines is 1. The largest absolute Gasteiger partial charge is 0.468 e. The lowest BCUT2D eigenvalue weighted by atomic mass is 10.1. The van der Waals surface area contributed by atoms with Crippen molar-refractivity contribution >= 4 is 11.6 Å². The molecule has 0 amide bonds. The number of aryl methyl sites for hydroxylation is 1. The highest BCUT2D eigenvalue weighted by Gasteiger charge is 2.07. The molecule has 3 aromatic rings. The lowest BCUT2D eigenvalue weighted by molar-refractivity contribution is 0.287. The molecule has 0 saturated heterocycles. The zero-order chi connectivity index (χ0) is 19.1. The number of nitrogens with zero attached hydrogens (tertiary/aromatic N) is 2. The first-order chi connectivity index (χ1) is 13.1. The summed E-state index contributed by atoms with van der Waals surface area (Å²) in [6.07, 6.45) is 1.70. The summed E-state index contributed by atoms with van der Waals surface area (Å²) in [6.45, 7) is 4.18. The quantitative estimate of drug-likeness (QED) is 0.489. The maximum atomic E-state index is 6.05. The Kier molecular flexibility index (Phi) is 6.28. The molecule has 0 radical (unpaired) electrons. The molecule has 0 aliphatic carbocycles. The standard InChI is InChI=1S/C22H26N4O/c1-17-9-11-20(12-10-17)25-22(23)24-14-18-6-3-4-7-19(18)15-26(2)16-21-8-5-13-27-21/h3-13H,14-16H2,1-2H3,(H3,23,24,25). The van der Waals surface area contributed by atoms with Crippen molar-refractivity contribution in [2.24, 2.45) is 10.7 Å². The maximum Gasteiger partial charge on any atom is 0.193 e. The molecule has 0 aliphatic heterocycles. The molecule has 0 fully saturated rings. The van der Waals surface area contributed by atoms with Crippen LogP contribution in [-0.4, -0.2) is 17.9 Å². The Balaban J connectivity index is 1.61. The van der Waals surface area contributed by atoms with Gasteiger partial charge in [-0.15, -0.1) is 0 Å². The fourth-order valence-corrected chi connectivity index (χ4v) is 2.88.